The van der Waals surface area contributed by atoms with Crippen molar-refractivity contribution in [2.75, 3.05) is 11.4 Å². The number of hydrogen-bond acceptors (Lipinski definition) is 2. The van der Waals surface area contributed by atoms with Crippen LogP contribution in [0.1, 0.15) is 38.2 Å². The molecule has 2 rings (SSSR count). The molecule has 1 aromatic carbocycles. The van der Waals surface area contributed by atoms with Crippen molar-refractivity contribution in [3.05, 3.63) is 28.8 Å². The number of benzene rings is 1. The summed E-state index contributed by atoms with van der Waals surface area (Å²) in [7, 11) is 0. The maximum atomic E-state index is 6.24. The molecule has 1 aliphatic heterocycles. The topological polar surface area (TPSA) is 29.3 Å². The molecule has 0 spiro atoms. The van der Waals surface area contributed by atoms with E-state index in [-0.39, 0.29) is 0 Å². The molecule has 0 saturated carbocycles. The number of rotatable bonds is 3. The number of piperidine rings is 1. The standard InChI is InChI=1S/C14H19ClN2S/c1-2-10-6-3-4-9-17(10)12-8-5-7-11(15)13(12)14(16)18/h5,7-8,10H,2-4,6,9H2,1H3,(H2,16,18). The van der Waals surface area contributed by atoms with Crippen LogP contribution in [-0.2, 0) is 0 Å². The maximum Gasteiger partial charge on any atom is 0.107 e. The Balaban J connectivity index is 2.42. The van der Waals surface area contributed by atoms with Crippen molar-refractivity contribution in [1.29, 1.82) is 0 Å². The molecule has 1 saturated heterocycles. The van der Waals surface area contributed by atoms with Gasteiger partial charge in [-0.3, -0.25) is 0 Å². The maximum absolute atomic E-state index is 6.24. The molecule has 2 nitrogen and oxygen atoms in total. The molecule has 0 radical (unpaired) electrons. The molecule has 0 aromatic heterocycles. The van der Waals surface area contributed by atoms with Gasteiger partial charge in [0.15, 0.2) is 0 Å². The molecule has 18 heavy (non-hydrogen) atoms. The number of nitrogens with zero attached hydrogens (tertiary/aromatic N) is 1. The SMILES string of the molecule is CCC1CCCCN1c1cccc(Cl)c1C(N)=S. The van der Waals surface area contributed by atoms with Crippen molar-refractivity contribution in [3.63, 3.8) is 0 Å². The van der Waals surface area contributed by atoms with Crippen LogP contribution in [0.3, 0.4) is 0 Å². The lowest BCUT2D eigenvalue weighted by atomic mass is 9.98. The molecule has 1 aromatic rings. The first kappa shape index (κ1) is 13.6. The lowest BCUT2D eigenvalue weighted by Gasteiger charge is -2.38. The van der Waals surface area contributed by atoms with Crippen molar-refractivity contribution >= 4 is 34.5 Å². The van der Waals surface area contributed by atoms with Crippen molar-refractivity contribution in [2.24, 2.45) is 5.73 Å². The predicted octanol–water partition coefficient (Wildman–Crippen LogP) is 3.74. The van der Waals surface area contributed by atoms with Gasteiger partial charge >= 0.3 is 0 Å². The number of nitrogens with two attached hydrogens (primary N) is 1. The summed E-state index contributed by atoms with van der Waals surface area (Å²) in [6, 6.07) is 6.48. The van der Waals surface area contributed by atoms with E-state index < -0.39 is 0 Å². The first-order valence-electron chi connectivity index (χ1n) is 6.50. The number of halogens is 1. The average Bonchev–Trinajstić information content (AvgIpc) is 2.38. The Labute approximate surface area is 119 Å². The van der Waals surface area contributed by atoms with Crippen molar-refractivity contribution in [3.8, 4) is 0 Å². The molecule has 1 heterocycles. The Bertz CT molecular complexity index is 447. The van der Waals surface area contributed by atoms with Crippen molar-refractivity contribution < 1.29 is 0 Å². The normalized spacial score (nSPS) is 19.9. The van der Waals surface area contributed by atoms with Crippen LogP contribution < -0.4 is 10.6 Å². The third-order valence-corrected chi connectivity index (χ3v) is 4.16. The minimum atomic E-state index is 0.385. The van der Waals surface area contributed by atoms with E-state index >= 15 is 0 Å². The van der Waals surface area contributed by atoms with E-state index in [1.165, 1.54) is 19.3 Å². The number of hydrogen-bond donors (Lipinski definition) is 1. The second kappa shape index (κ2) is 5.89. The van der Waals surface area contributed by atoms with Gasteiger partial charge in [-0.1, -0.05) is 36.8 Å². The zero-order chi connectivity index (χ0) is 13.1. The summed E-state index contributed by atoms with van der Waals surface area (Å²) >= 11 is 11.4. The van der Waals surface area contributed by atoms with Gasteiger partial charge in [0.05, 0.1) is 10.6 Å². The van der Waals surface area contributed by atoms with Crippen molar-refractivity contribution in [1.82, 2.24) is 0 Å². The monoisotopic (exact) mass is 282 g/mol. The molecule has 98 valence electrons. The van der Waals surface area contributed by atoms with Crippen LogP contribution in [0.2, 0.25) is 5.02 Å². The third kappa shape index (κ3) is 2.62. The predicted molar refractivity (Wildman–Crippen MR) is 82.6 cm³/mol. The van der Waals surface area contributed by atoms with Gasteiger partial charge in [-0.25, -0.2) is 0 Å². The molecular formula is C14H19ClN2S. The molecule has 1 aliphatic rings. The van der Waals surface area contributed by atoms with E-state index in [2.05, 4.69) is 17.9 Å². The van der Waals surface area contributed by atoms with Gasteiger partial charge in [0.25, 0.3) is 0 Å². The lowest BCUT2D eigenvalue weighted by molar-refractivity contribution is 0.450. The van der Waals surface area contributed by atoms with Gasteiger partial charge in [-0.15, -0.1) is 0 Å². The van der Waals surface area contributed by atoms with Gasteiger partial charge in [-0.2, -0.15) is 0 Å². The molecule has 0 aliphatic carbocycles. The van der Waals surface area contributed by atoms with Crippen LogP contribution >= 0.6 is 23.8 Å². The average molecular weight is 283 g/mol. The Morgan fingerprint density at radius 2 is 2.28 bits per heavy atom. The van der Waals surface area contributed by atoms with E-state index in [0.717, 1.165) is 24.2 Å². The second-order valence-electron chi connectivity index (χ2n) is 4.75. The summed E-state index contributed by atoms with van der Waals surface area (Å²) in [6.45, 7) is 3.29. The smallest absolute Gasteiger partial charge is 0.107 e. The molecule has 1 atom stereocenters. The van der Waals surface area contributed by atoms with Crippen LogP contribution in [0.25, 0.3) is 0 Å². The zero-order valence-electron chi connectivity index (χ0n) is 10.7. The summed E-state index contributed by atoms with van der Waals surface area (Å²) in [5.41, 5.74) is 7.76. The minimum absolute atomic E-state index is 0.385. The molecule has 0 amide bonds. The molecule has 1 fully saturated rings. The Hall–Kier alpha value is -0.800. The fourth-order valence-electron chi connectivity index (χ4n) is 2.74. The summed E-state index contributed by atoms with van der Waals surface area (Å²) in [4.78, 5) is 2.81. The first-order chi connectivity index (χ1) is 8.65. The molecule has 2 N–H and O–H groups in total. The largest absolute Gasteiger partial charge is 0.389 e. The van der Waals surface area contributed by atoms with Crippen LogP contribution in [-0.4, -0.2) is 17.6 Å². The Morgan fingerprint density at radius 3 is 2.94 bits per heavy atom. The van der Waals surface area contributed by atoms with Crippen LogP contribution in [0.4, 0.5) is 5.69 Å². The first-order valence-corrected chi connectivity index (χ1v) is 7.28. The molecular weight excluding hydrogens is 264 g/mol. The van der Waals surface area contributed by atoms with Gasteiger partial charge in [-0.05, 0) is 37.8 Å². The zero-order valence-corrected chi connectivity index (χ0v) is 12.2. The van der Waals surface area contributed by atoms with Crippen molar-refractivity contribution in [2.45, 2.75) is 38.6 Å². The Kier molecular flexibility index (Phi) is 4.46. The molecule has 4 heteroatoms. The summed E-state index contributed by atoms with van der Waals surface area (Å²) in [6.07, 6.45) is 4.90. The highest BCUT2D eigenvalue weighted by Gasteiger charge is 2.24. The summed E-state index contributed by atoms with van der Waals surface area (Å²) < 4.78 is 0. The molecule has 1 unspecified atom stereocenters. The van der Waals surface area contributed by atoms with Gasteiger partial charge in [0, 0.05) is 18.3 Å². The van der Waals surface area contributed by atoms with Gasteiger partial charge < -0.3 is 10.6 Å². The quantitative estimate of drug-likeness (QED) is 0.857. The second-order valence-corrected chi connectivity index (χ2v) is 5.60. The van der Waals surface area contributed by atoms with Crippen LogP contribution in [0.5, 0.6) is 0 Å². The number of anilines is 1. The highest BCUT2D eigenvalue weighted by molar-refractivity contribution is 7.80. The van der Waals surface area contributed by atoms with E-state index in [1.807, 2.05) is 12.1 Å². The summed E-state index contributed by atoms with van der Waals surface area (Å²) in [5.74, 6) is 0. The minimum Gasteiger partial charge on any atom is -0.389 e. The van der Waals surface area contributed by atoms with Gasteiger partial charge in [0.1, 0.15) is 4.99 Å². The fourth-order valence-corrected chi connectivity index (χ4v) is 3.28. The van der Waals surface area contributed by atoms with E-state index in [9.17, 15) is 0 Å². The lowest BCUT2D eigenvalue weighted by Crippen LogP contribution is -2.40. The fraction of sp³-hybridized carbons (Fsp3) is 0.500. The van der Waals surface area contributed by atoms with Crippen LogP contribution in [0, 0.1) is 0 Å². The van der Waals surface area contributed by atoms with Crippen LogP contribution in [0.15, 0.2) is 18.2 Å². The van der Waals surface area contributed by atoms with E-state index in [0.29, 0.717) is 16.1 Å². The highest BCUT2D eigenvalue weighted by atomic mass is 35.5. The Morgan fingerprint density at radius 1 is 1.50 bits per heavy atom. The number of thiocarbonyl (C=S) groups is 1. The highest BCUT2D eigenvalue weighted by Crippen LogP contribution is 2.32. The van der Waals surface area contributed by atoms with Gasteiger partial charge in [0.2, 0.25) is 0 Å². The molecule has 0 bridgehead atoms. The summed E-state index contributed by atoms with van der Waals surface area (Å²) in [5, 5.41) is 0.653. The van der Waals surface area contributed by atoms with E-state index in [4.69, 9.17) is 29.6 Å². The van der Waals surface area contributed by atoms with E-state index in [1.54, 1.807) is 0 Å². The third-order valence-electron chi connectivity index (χ3n) is 3.65.